The van der Waals surface area contributed by atoms with Crippen molar-refractivity contribution < 1.29 is 19.5 Å². The van der Waals surface area contributed by atoms with E-state index in [-0.39, 0.29) is 18.0 Å². The highest BCUT2D eigenvalue weighted by Crippen LogP contribution is 2.04. The summed E-state index contributed by atoms with van der Waals surface area (Å²) in [6, 6.07) is 5.06. The van der Waals surface area contributed by atoms with E-state index in [4.69, 9.17) is 5.11 Å². The molecule has 0 saturated heterocycles. The fourth-order valence-corrected chi connectivity index (χ4v) is 1.48. The van der Waals surface area contributed by atoms with Gasteiger partial charge in [-0.3, -0.25) is 4.79 Å². The minimum Gasteiger partial charge on any atom is -0.478 e. The summed E-state index contributed by atoms with van der Waals surface area (Å²) < 4.78 is 0. The van der Waals surface area contributed by atoms with Crippen LogP contribution >= 0.6 is 0 Å². The maximum atomic E-state index is 11.5. The molecule has 0 spiro atoms. The first kappa shape index (κ1) is 15.5. The van der Waals surface area contributed by atoms with Crippen molar-refractivity contribution in [1.82, 2.24) is 16.0 Å². The van der Waals surface area contributed by atoms with Crippen molar-refractivity contribution in [1.29, 1.82) is 0 Å². The van der Waals surface area contributed by atoms with Crippen LogP contribution in [0.2, 0.25) is 0 Å². The Morgan fingerprint density at radius 2 is 1.80 bits per heavy atom. The Kier molecular flexibility index (Phi) is 5.52. The molecule has 0 aliphatic carbocycles. The van der Waals surface area contributed by atoms with Gasteiger partial charge in [0.15, 0.2) is 0 Å². The molecular weight excluding hydrogens is 262 g/mol. The Labute approximate surface area is 116 Å². The van der Waals surface area contributed by atoms with E-state index in [2.05, 4.69) is 16.0 Å². The largest absolute Gasteiger partial charge is 0.478 e. The molecular formula is C13H17N3O4. The van der Waals surface area contributed by atoms with Crippen LogP contribution in [0.1, 0.15) is 22.8 Å². The molecule has 20 heavy (non-hydrogen) atoms. The van der Waals surface area contributed by atoms with Crippen molar-refractivity contribution in [3.05, 3.63) is 35.4 Å². The molecule has 1 unspecified atom stereocenters. The van der Waals surface area contributed by atoms with Crippen molar-refractivity contribution >= 4 is 17.9 Å². The van der Waals surface area contributed by atoms with E-state index in [1.807, 2.05) is 0 Å². The molecule has 0 fully saturated rings. The fourth-order valence-electron chi connectivity index (χ4n) is 1.48. The normalized spacial score (nSPS) is 11.3. The van der Waals surface area contributed by atoms with Gasteiger partial charge in [-0.2, -0.15) is 0 Å². The lowest BCUT2D eigenvalue weighted by molar-refractivity contribution is -0.122. The zero-order valence-electron chi connectivity index (χ0n) is 11.3. The van der Waals surface area contributed by atoms with Crippen LogP contribution in [0.15, 0.2) is 24.3 Å². The van der Waals surface area contributed by atoms with E-state index in [9.17, 15) is 14.4 Å². The predicted octanol–water partition coefficient (Wildman–Crippen LogP) is 0.319. The van der Waals surface area contributed by atoms with Gasteiger partial charge in [0.25, 0.3) is 0 Å². The Morgan fingerprint density at radius 3 is 2.30 bits per heavy atom. The zero-order valence-corrected chi connectivity index (χ0v) is 11.3. The highest BCUT2D eigenvalue weighted by Gasteiger charge is 2.13. The summed E-state index contributed by atoms with van der Waals surface area (Å²) in [5.41, 5.74) is 0.948. The van der Waals surface area contributed by atoms with Crippen LogP contribution in [-0.2, 0) is 11.3 Å². The lowest BCUT2D eigenvalue weighted by Crippen LogP contribution is -2.47. The van der Waals surface area contributed by atoms with Gasteiger partial charge in [-0.05, 0) is 24.6 Å². The van der Waals surface area contributed by atoms with Gasteiger partial charge in [-0.1, -0.05) is 12.1 Å². The molecule has 0 saturated carbocycles. The number of hydrogen-bond acceptors (Lipinski definition) is 3. The van der Waals surface area contributed by atoms with E-state index >= 15 is 0 Å². The maximum Gasteiger partial charge on any atom is 0.335 e. The molecule has 1 rings (SSSR count). The summed E-state index contributed by atoms with van der Waals surface area (Å²) in [5, 5.41) is 16.2. The third-order valence-electron chi connectivity index (χ3n) is 2.64. The van der Waals surface area contributed by atoms with Gasteiger partial charge in [-0.15, -0.1) is 0 Å². The van der Waals surface area contributed by atoms with Gasteiger partial charge < -0.3 is 21.1 Å². The SMILES string of the molecule is CNC(=O)C(C)NC(=O)NCc1ccc(C(=O)O)cc1. The number of carboxylic acids is 1. The zero-order chi connectivity index (χ0) is 15.1. The van der Waals surface area contributed by atoms with Crippen LogP contribution in [-0.4, -0.2) is 36.1 Å². The summed E-state index contributed by atoms with van der Waals surface area (Å²) in [6.07, 6.45) is 0. The number of rotatable bonds is 5. The van der Waals surface area contributed by atoms with E-state index in [0.717, 1.165) is 5.56 Å². The standard InChI is InChI=1S/C13H17N3O4/c1-8(11(17)14-2)16-13(20)15-7-9-3-5-10(6-4-9)12(18)19/h3-6,8H,7H2,1-2H3,(H,14,17)(H,18,19)(H2,15,16,20). The number of carbonyl (C=O) groups excluding carboxylic acids is 2. The molecule has 0 heterocycles. The van der Waals surface area contributed by atoms with Crippen molar-refractivity contribution in [3.8, 4) is 0 Å². The lowest BCUT2D eigenvalue weighted by atomic mass is 10.1. The van der Waals surface area contributed by atoms with Crippen LogP contribution in [0.3, 0.4) is 0 Å². The third-order valence-corrected chi connectivity index (χ3v) is 2.64. The number of carboxylic acid groups (broad SMARTS) is 1. The molecule has 7 nitrogen and oxygen atoms in total. The average Bonchev–Trinajstić information content (AvgIpc) is 2.44. The van der Waals surface area contributed by atoms with E-state index in [0.29, 0.717) is 0 Å². The number of nitrogens with one attached hydrogen (secondary N) is 3. The van der Waals surface area contributed by atoms with Gasteiger partial charge in [0, 0.05) is 13.6 Å². The van der Waals surface area contributed by atoms with E-state index < -0.39 is 18.0 Å². The monoisotopic (exact) mass is 279 g/mol. The van der Waals surface area contributed by atoms with Crippen LogP contribution < -0.4 is 16.0 Å². The Morgan fingerprint density at radius 1 is 1.20 bits per heavy atom. The van der Waals surface area contributed by atoms with Crippen LogP contribution in [0.5, 0.6) is 0 Å². The highest BCUT2D eigenvalue weighted by atomic mass is 16.4. The molecule has 0 bridgehead atoms. The summed E-state index contributed by atoms with van der Waals surface area (Å²) in [6.45, 7) is 1.81. The predicted molar refractivity (Wildman–Crippen MR) is 72.3 cm³/mol. The molecule has 0 aliphatic heterocycles. The van der Waals surface area contributed by atoms with Gasteiger partial charge in [0.1, 0.15) is 6.04 Å². The van der Waals surface area contributed by atoms with E-state index in [1.54, 1.807) is 19.1 Å². The molecule has 0 radical (unpaired) electrons. The molecule has 3 amide bonds. The number of hydrogen-bond donors (Lipinski definition) is 4. The summed E-state index contributed by atoms with van der Waals surface area (Å²) in [5.74, 6) is -1.28. The number of benzene rings is 1. The minimum atomic E-state index is -0.998. The number of urea groups is 1. The highest BCUT2D eigenvalue weighted by molar-refractivity contribution is 5.87. The van der Waals surface area contributed by atoms with Gasteiger partial charge in [0.05, 0.1) is 5.56 Å². The van der Waals surface area contributed by atoms with E-state index in [1.165, 1.54) is 19.2 Å². The van der Waals surface area contributed by atoms with Crippen LogP contribution in [0.4, 0.5) is 4.79 Å². The first-order chi connectivity index (χ1) is 9.43. The topological polar surface area (TPSA) is 108 Å². The van der Waals surface area contributed by atoms with Crippen molar-refractivity contribution in [2.24, 2.45) is 0 Å². The van der Waals surface area contributed by atoms with Gasteiger partial charge >= 0.3 is 12.0 Å². The van der Waals surface area contributed by atoms with Crippen molar-refractivity contribution in [3.63, 3.8) is 0 Å². The second-order valence-corrected chi connectivity index (χ2v) is 4.17. The van der Waals surface area contributed by atoms with Gasteiger partial charge in [-0.25, -0.2) is 9.59 Å². The summed E-state index contributed by atoms with van der Waals surface area (Å²) >= 11 is 0. The molecule has 7 heteroatoms. The molecule has 1 atom stereocenters. The number of aromatic carboxylic acids is 1. The third kappa shape index (κ3) is 4.60. The first-order valence-corrected chi connectivity index (χ1v) is 6.02. The molecule has 4 N–H and O–H groups in total. The Balaban J connectivity index is 2.44. The molecule has 1 aromatic rings. The lowest BCUT2D eigenvalue weighted by Gasteiger charge is -2.13. The molecule has 1 aromatic carbocycles. The second-order valence-electron chi connectivity index (χ2n) is 4.17. The van der Waals surface area contributed by atoms with Gasteiger partial charge in [0.2, 0.25) is 5.91 Å². The second kappa shape index (κ2) is 7.13. The summed E-state index contributed by atoms with van der Waals surface area (Å²) in [4.78, 5) is 33.4. The number of likely N-dealkylation sites (N-methyl/N-ethyl adjacent to an activating group) is 1. The minimum absolute atomic E-state index is 0.187. The molecule has 0 aliphatic rings. The fraction of sp³-hybridized carbons (Fsp3) is 0.308. The molecule has 0 aromatic heterocycles. The van der Waals surface area contributed by atoms with Crippen LogP contribution in [0.25, 0.3) is 0 Å². The van der Waals surface area contributed by atoms with Crippen molar-refractivity contribution in [2.75, 3.05) is 7.05 Å². The quantitative estimate of drug-likeness (QED) is 0.622. The summed E-state index contributed by atoms with van der Waals surface area (Å²) in [7, 11) is 1.49. The number of amides is 3. The Bertz CT molecular complexity index is 499. The first-order valence-electron chi connectivity index (χ1n) is 6.02. The average molecular weight is 279 g/mol. The molecule has 108 valence electrons. The van der Waals surface area contributed by atoms with Crippen LogP contribution in [0, 0.1) is 0 Å². The Hall–Kier alpha value is -2.57. The maximum absolute atomic E-state index is 11.5. The van der Waals surface area contributed by atoms with Crippen molar-refractivity contribution in [2.45, 2.75) is 19.5 Å². The smallest absolute Gasteiger partial charge is 0.335 e. The number of carbonyl (C=O) groups is 3.